The van der Waals surface area contributed by atoms with E-state index in [4.69, 9.17) is 22.1 Å². The lowest BCUT2D eigenvalue weighted by molar-refractivity contribution is 0.360. The Bertz CT molecular complexity index is 1130. The SMILES string of the molecule is COc1cc(N2CCCN(C)CC2)c(N)cc1Nc1cc(Nc2ccc(F)c(Cl)c2)ncn1. The number of likely N-dealkylation sites (N-methyl/N-ethyl adjacent to an activating group) is 1. The second-order valence-corrected chi connectivity index (χ2v) is 8.33. The summed E-state index contributed by atoms with van der Waals surface area (Å²) in [5, 5.41) is 6.37. The van der Waals surface area contributed by atoms with Gasteiger partial charge >= 0.3 is 0 Å². The highest BCUT2D eigenvalue weighted by Gasteiger charge is 2.18. The largest absolute Gasteiger partial charge is 0.494 e. The van der Waals surface area contributed by atoms with Crippen LogP contribution in [0.25, 0.3) is 0 Å². The lowest BCUT2D eigenvalue weighted by atomic mass is 10.2. The molecule has 1 aromatic heterocycles. The Hall–Kier alpha value is -3.30. The molecule has 4 N–H and O–H groups in total. The fraction of sp³-hybridized carbons (Fsp3) is 0.304. The normalized spacial score (nSPS) is 14.6. The van der Waals surface area contributed by atoms with Gasteiger partial charge in [0.15, 0.2) is 0 Å². The Labute approximate surface area is 197 Å². The lowest BCUT2D eigenvalue weighted by Gasteiger charge is -2.26. The first kappa shape index (κ1) is 22.9. The van der Waals surface area contributed by atoms with E-state index in [1.807, 2.05) is 12.1 Å². The van der Waals surface area contributed by atoms with Crippen molar-refractivity contribution in [2.24, 2.45) is 0 Å². The molecule has 0 atom stereocenters. The number of nitrogens with one attached hydrogen (secondary N) is 2. The van der Waals surface area contributed by atoms with Gasteiger partial charge in [0.05, 0.1) is 29.2 Å². The third-order valence-electron chi connectivity index (χ3n) is 5.53. The summed E-state index contributed by atoms with van der Waals surface area (Å²) in [5.74, 6) is 1.25. The number of hydrogen-bond donors (Lipinski definition) is 3. The number of aromatic nitrogens is 2. The Balaban J connectivity index is 1.54. The number of nitrogen functional groups attached to an aromatic ring is 1. The summed E-state index contributed by atoms with van der Waals surface area (Å²) in [5.41, 5.74) is 9.37. The molecular formula is C23H27ClFN7O. The second kappa shape index (κ2) is 10.1. The number of benzene rings is 2. The minimum atomic E-state index is -0.479. The Morgan fingerprint density at radius 1 is 1.03 bits per heavy atom. The summed E-state index contributed by atoms with van der Waals surface area (Å²) in [6.07, 6.45) is 2.50. The predicted octanol–water partition coefficient (Wildman–Crippen LogP) is 4.49. The lowest BCUT2D eigenvalue weighted by Crippen LogP contribution is -2.29. The predicted molar refractivity (Wildman–Crippen MR) is 132 cm³/mol. The van der Waals surface area contributed by atoms with Crippen LogP contribution in [0.1, 0.15) is 6.42 Å². The Kier molecular flexibility index (Phi) is 7.00. The number of ether oxygens (including phenoxy) is 1. The van der Waals surface area contributed by atoms with Crippen LogP contribution in [0.5, 0.6) is 5.75 Å². The summed E-state index contributed by atoms with van der Waals surface area (Å²) >= 11 is 5.86. The molecule has 0 radical (unpaired) electrons. The van der Waals surface area contributed by atoms with Gasteiger partial charge in [0.2, 0.25) is 0 Å². The molecule has 33 heavy (non-hydrogen) atoms. The van der Waals surface area contributed by atoms with Gasteiger partial charge in [-0.2, -0.15) is 0 Å². The van der Waals surface area contributed by atoms with Crippen LogP contribution >= 0.6 is 11.6 Å². The van der Waals surface area contributed by atoms with E-state index in [9.17, 15) is 4.39 Å². The molecule has 10 heteroatoms. The summed E-state index contributed by atoms with van der Waals surface area (Å²) in [7, 11) is 3.76. The summed E-state index contributed by atoms with van der Waals surface area (Å²) in [6, 6.07) is 9.92. The zero-order valence-corrected chi connectivity index (χ0v) is 19.4. The molecule has 0 saturated carbocycles. The average molecular weight is 472 g/mol. The molecule has 1 aliphatic rings. The second-order valence-electron chi connectivity index (χ2n) is 7.92. The van der Waals surface area contributed by atoms with E-state index in [-0.39, 0.29) is 5.02 Å². The molecule has 1 saturated heterocycles. The number of hydrogen-bond acceptors (Lipinski definition) is 8. The van der Waals surface area contributed by atoms with Crippen molar-refractivity contribution < 1.29 is 9.13 Å². The smallest absolute Gasteiger partial charge is 0.144 e. The van der Waals surface area contributed by atoms with Crippen LogP contribution in [0.4, 0.5) is 38.8 Å². The number of nitrogens with two attached hydrogens (primary N) is 1. The zero-order valence-electron chi connectivity index (χ0n) is 18.6. The maximum atomic E-state index is 13.4. The molecule has 0 unspecified atom stereocenters. The first-order valence-electron chi connectivity index (χ1n) is 10.6. The van der Waals surface area contributed by atoms with E-state index in [2.05, 4.69) is 37.4 Å². The van der Waals surface area contributed by atoms with E-state index >= 15 is 0 Å². The molecular weight excluding hydrogens is 445 g/mol. The van der Waals surface area contributed by atoms with Crippen molar-refractivity contribution in [3.05, 3.63) is 53.6 Å². The van der Waals surface area contributed by atoms with Crippen LogP contribution < -0.4 is 26.0 Å². The molecule has 0 amide bonds. The molecule has 2 heterocycles. The first-order chi connectivity index (χ1) is 15.9. The molecule has 1 aliphatic heterocycles. The number of anilines is 6. The summed E-state index contributed by atoms with van der Waals surface area (Å²) < 4.78 is 19.1. The van der Waals surface area contributed by atoms with Gasteiger partial charge in [0.25, 0.3) is 0 Å². The molecule has 174 valence electrons. The Morgan fingerprint density at radius 3 is 2.58 bits per heavy atom. The average Bonchev–Trinajstić information content (AvgIpc) is 3.01. The minimum Gasteiger partial charge on any atom is -0.494 e. The molecule has 4 rings (SSSR count). The van der Waals surface area contributed by atoms with Crippen LogP contribution in [0.2, 0.25) is 5.02 Å². The monoisotopic (exact) mass is 471 g/mol. The molecule has 3 aromatic rings. The third kappa shape index (κ3) is 5.55. The van der Waals surface area contributed by atoms with Crippen molar-refractivity contribution in [1.82, 2.24) is 14.9 Å². The van der Waals surface area contributed by atoms with Crippen molar-refractivity contribution >= 4 is 46.0 Å². The third-order valence-corrected chi connectivity index (χ3v) is 5.82. The Morgan fingerprint density at radius 2 is 1.82 bits per heavy atom. The van der Waals surface area contributed by atoms with Gasteiger partial charge < -0.3 is 30.9 Å². The molecule has 0 aliphatic carbocycles. The van der Waals surface area contributed by atoms with Crippen molar-refractivity contribution in [2.75, 3.05) is 61.6 Å². The standard InChI is InChI=1S/C23H27ClFN7O/c1-31-6-3-7-32(9-8-31)20-12-21(33-2)19(11-18(20)26)30-23-13-22(27-14-28-23)29-15-4-5-17(25)16(24)10-15/h4-5,10-14H,3,6-9,26H2,1-2H3,(H2,27,28,29,30). The van der Waals surface area contributed by atoms with E-state index in [0.717, 1.165) is 38.3 Å². The van der Waals surface area contributed by atoms with E-state index in [1.165, 1.54) is 18.5 Å². The summed E-state index contributed by atoms with van der Waals surface area (Å²) in [6.45, 7) is 3.91. The van der Waals surface area contributed by atoms with Crippen LogP contribution in [-0.2, 0) is 0 Å². The van der Waals surface area contributed by atoms with E-state index in [1.54, 1.807) is 19.2 Å². The van der Waals surface area contributed by atoms with Crippen LogP contribution in [0, 0.1) is 5.82 Å². The van der Waals surface area contributed by atoms with Gasteiger partial charge in [-0.3, -0.25) is 0 Å². The maximum absolute atomic E-state index is 13.4. The molecule has 0 bridgehead atoms. The van der Waals surface area contributed by atoms with Crippen LogP contribution in [0.3, 0.4) is 0 Å². The van der Waals surface area contributed by atoms with E-state index in [0.29, 0.717) is 34.4 Å². The number of halogens is 2. The van der Waals surface area contributed by atoms with Crippen LogP contribution in [0.15, 0.2) is 42.7 Å². The fourth-order valence-corrected chi connectivity index (χ4v) is 3.95. The first-order valence-corrected chi connectivity index (χ1v) is 11.0. The number of rotatable bonds is 6. The quantitative estimate of drug-likeness (QED) is 0.453. The maximum Gasteiger partial charge on any atom is 0.144 e. The van der Waals surface area contributed by atoms with Gasteiger partial charge in [-0.05, 0) is 44.3 Å². The van der Waals surface area contributed by atoms with Gasteiger partial charge in [-0.15, -0.1) is 0 Å². The van der Waals surface area contributed by atoms with E-state index < -0.39 is 5.82 Å². The van der Waals surface area contributed by atoms with Crippen molar-refractivity contribution in [1.29, 1.82) is 0 Å². The van der Waals surface area contributed by atoms with Gasteiger partial charge in [-0.25, -0.2) is 14.4 Å². The molecule has 0 spiro atoms. The summed E-state index contributed by atoms with van der Waals surface area (Å²) in [4.78, 5) is 13.1. The van der Waals surface area contributed by atoms with Crippen LogP contribution in [-0.4, -0.2) is 55.2 Å². The van der Waals surface area contributed by atoms with Gasteiger partial charge in [0, 0.05) is 37.5 Å². The minimum absolute atomic E-state index is 0.0313. The highest BCUT2D eigenvalue weighted by molar-refractivity contribution is 6.31. The fourth-order valence-electron chi connectivity index (χ4n) is 3.77. The van der Waals surface area contributed by atoms with Gasteiger partial charge in [0.1, 0.15) is 29.5 Å². The van der Waals surface area contributed by atoms with Crippen molar-refractivity contribution in [3.63, 3.8) is 0 Å². The number of nitrogens with zero attached hydrogens (tertiary/aromatic N) is 4. The number of methoxy groups -OCH3 is 1. The zero-order chi connectivity index (χ0) is 23.4. The van der Waals surface area contributed by atoms with Crippen molar-refractivity contribution in [2.45, 2.75) is 6.42 Å². The molecule has 2 aromatic carbocycles. The molecule has 1 fully saturated rings. The topological polar surface area (TPSA) is 91.6 Å². The highest BCUT2D eigenvalue weighted by atomic mass is 35.5. The van der Waals surface area contributed by atoms with Crippen molar-refractivity contribution in [3.8, 4) is 5.75 Å². The molecule has 8 nitrogen and oxygen atoms in total. The van der Waals surface area contributed by atoms with Gasteiger partial charge in [-0.1, -0.05) is 11.6 Å². The highest BCUT2D eigenvalue weighted by Crippen LogP contribution is 2.37.